The van der Waals surface area contributed by atoms with E-state index in [9.17, 15) is 4.79 Å². The number of fused-ring (bicyclic) bond motifs is 2. The van der Waals surface area contributed by atoms with Crippen LogP contribution in [0, 0.1) is 53.4 Å². The normalized spacial score (nSPS) is 14.7. The molecule has 0 saturated carbocycles. The third kappa shape index (κ3) is 10.4. The van der Waals surface area contributed by atoms with Gasteiger partial charge in [0, 0.05) is 50.4 Å². The Morgan fingerprint density at radius 3 is 1.41 bits per heavy atom. The van der Waals surface area contributed by atoms with Crippen molar-refractivity contribution in [1.82, 2.24) is 69.0 Å². The van der Waals surface area contributed by atoms with Crippen molar-refractivity contribution in [1.29, 1.82) is 0 Å². The number of aromatic nitrogens is 12. The van der Waals surface area contributed by atoms with Crippen LogP contribution in [0.4, 0.5) is 0 Å². The molecule has 6 aromatic heterocycles. The summed E-state index contributed by atoms with van der Waals surface area (Å²) < 4.78 is 7.24. The summed E-state index contributed by atoms with van der Waals surface area (Å²) in [5.41, 5.74) is 10.8. The summed E-state index contributed by atoms with van der Waals surface area (Å²) in [4.78, 5) is 18.5. The number of likely N-dealkylation sites (tertiary alicyclic amines) is 2. The Kier molecular flexibility index (Phi) is 14.1. The van der Waals surface area contributed by atoms with Crippen LogP contribution in [0.1, 0.15) is 95.2 Å². The van der Waals surface area contributed by atoms with Crippen molar-refractivity contribution in [3.63, 3.8) is 0 Å². The highest BCUT2D eigenvalue weighted by molar-refractivity contribution is 7.80. The van der Waals surface area contributed by atoms with Gasteiger partial charge in [-0.15, -0.1) is 30.6 Å². The Labute approximate surface area is 403 Å². The van der Waals surface area contributed by atoms with E-state index in [-0.39, 0.29) is 5.91 Å². The number of rotatable bonds is 12. The molecule has 16 heteroatoms. The highest BCUT2D eigenvalue weighted by atomic mass is 32.1. The number of benzene rings is 2. The molecule has 8 aromatic rings. The molecule has 0 atom stereocenters. The third-order valence-corrected chi connectivity index (χ3v) is 14.4. The van der Waals surface area contributed by atoms with E-state index in [0.29, 0.717) is 30.2 Å². The maximum absolute atomic E-state index is 13.0. The molecule has 0 bridgehead atoms. The molecule has 10 rings (SSSR count). The Balaban J connectivity index is 0.000000170. The molecule has 68 heavy (non-hydrogen) atoms. The summed E-state index contributed by atoms with van der Waals surface area (Å²) in [6, 6.07) is 29.2. The van der Waals surface area contributed by atoms with Crippen molar-refractivity contribution in [3.8, 4) is 11.6 Å². The Bertz CT molecular complexity index is 2810. The van der Waals surface area contributed by atoms with E-state index in [0.717, 1.165) is 121 Å². The number of amides is 1. The molecule has 0 radical (unpaired) electrons. The molecule has 352 valence electrons. The first-order valence-corrected chi connectivity index (χ1v) is 24.5. The topological polar surface area (TPSA) is 145 Å². The van der Waals surface area contributed by atoms with E-state index in [1.165, 1.54) is 36.0 Å². The van der Waals surface area contributed by atoms with E-state index in [4.69, 9.17) is 22.4 Å². The molecule has 2 aromatic carbocycles. The number of carbonyl (C=O) groups excluding carboxylic acids is 1. The molecule has 2 aliphatic heterocycles. The van der Waals surface area contributed by atoms with Gasteiger partial charge >= 0.3 is 0 Å². The summed E-state index contributed by atoms with van der Waals surface area (Å²) in [6.07, 6.45) is 9.83. The predicted octanol–water partition coefficient (Wildman–Crippen LogP) is 8.10. The van der Waals surface area contributed by atoms with Gasteiger partial charge in [-0.1, -0.05) is 72.9 Å². The molecule has 1 amide bonds. The Morgan fingerprint density at radius 2 is 0.956 bits per heavy atom. The van der Waals surface area contributed by atoms with Gasteiger partial charge in [0.1, 0.15) is 0 Å². The summed E-state index contributed by atoms with van der Waals surface area (Å²) in [5, 5.41) is 35.2. The quantitative estimate of drug-likeness (QED) is 0.110. The number of hydrogen-bond donors (Lipinski definition) is 0. The highest BCUT2D eigenvalue weighted by Gasteiger charge is 2.25. The van der Waals surface area contributed by atoms with Gasteiger partial charge in [-0.3, -0.25) is 4.79 Å². The van der Waals surface area contributed by atoms with Crippen LogP contribution in [0.25, 0.3) is 22.9 Å². The molecular formula is C52H62N14OS. The average molecular weight is 931 g/mol. The molecular weight excluding hydrogens is 869 g/mol. The standard InChI is InChI=1S/C26H31N7O.C26H31N7S/c2*1-18-23(19(2)32(29-18)25-11-10-24-28-27-20(3)33(24)30-25)9-12-26(34)31-15-13-22(14-16-31)17-21-7-5-4-6-8-21/h2*4-8,10-11,22H,9,12-17H2,1-3H3. The van der Waals surface area contributed by atoms with Crippen LogP contribution in [-0.4, -0.2) is 106 Å². The summed E-state index contributed by atoms with van der Waals surface area (Å²) in [5.74, 6) is 4.63. The number of carbonyl (C=O) groups is 1. The van der Waals surface area contributed by atoms with Crippen molar-refractivity contribution >= 4 is 34.4 Å². The first-order chi connectivity index (χ1) is 33.0. The van der Waals surface area contributed by atoms with Gasteiger partial charge in [0.2, 0.25) is 5.91 Å². The molecule has 0 spiro atoms. The van der Waals surface area contributed by atoms with Crippen LogP contribution >= 0.6 is 12.2 Å². The molecule has 15 nitrogen and oxygen atoms in total. The minimum Gasteiger partial charge on any atom is -0.366 e. The third-order valence-electron chi connectivity index (χ3n) is 14.0. The first-order valence-electron chi connectivity index (χ1n) is 24.1. The van der Waals surface area contributed by atoms with E-state index in [1.54, 1.807) is 9.03 Å². The number of thiocarbonyl (C=S) groups is 1. The second-order valence-electron chi connectivity index (χ2n) is 18.6. The number of piperidine rings is 2. The van der Waals surface area contributed by atoms with Crippen molar-refractivity contribution in [2.24, 2.45) is 11.8 Å². The second-order valence-corrected chi connectivity index (χ2v) is 19.0. The van der Waals surface area contributed by atoms with Gasteiger partial charge in [-0.2, -0.15) is 19.2 Å². The van der Waals surface area contributed by atoms with E-state index >= 15 is 0 Å². The lowest BCUT2D eigenvalue weighted by Gasteiger charge is -2.34. The lowest BCUT2D eigenvalue weighted by atomic mass is 9.90. The molecule has 8 heterocycles. The van der Waals surface area contributed by atoms with Crippen LogP contribution in [0.5, 0.6) is 0 Å². The second kappa shape index (κ2) is 20.7. The van der Waals surface area contributed by atoms with Crippen molar-refractivity contribution in [3.05, 3.63) is 142 Å². The average Bonchev–Trinajstić information content (AvgIpc) is 4.09. The molecule has 2 aliphatic rings. The summed E-state index contributed by atoms with van der Waals surface area (Å²) in [6.45, 7) is 15.8. The van der Waals surface area contributed by atoms with Crippen molar-refractivity contribution in [2.75, 3.05) is 26.2 Å². The van der Waals surface area contributed by atoms with Crippen LogP contribution in [-0.2, 0) is 30.5 Å². The molecule has 2 fully saturated rings. The monoisotopic (exact) mass is 930 g/mol. The van der Waals surface area contributed by atoms with Crippen molar-refractivity contribution in [2.45, 2.75) is 106 Å². The Morgan fingerprint density at radius 1 is 0.529 bits per heavy atom. The number of aryl methyl sites for hydroxylation is 4. The van der Waals surface area contributed by atoms with Crippen LogP contribution < -0.4 is 0 Å². The van der Waals surface area contributed by atoms with Gasteiger partial charge in [-0.25, -0.2) is 9.36 Å². The van der Waals surface area contributed by atoms with Gasteiger partial charge in [0.25, 0.3) is 0 Å². The van der Waals surface area contributed by atoms with E-state index in [1.807, 2.05) is 66.2 Å². The van der Waals surface area contributed by atoms with E-state index < -0.39 is 0 Å². The zero-order valence-electron chi connectivity index (χ0n) is 40.2. The lowest BCUT2D eigenvalue weighted by molar-refractivity contribution is -0.132. The van der Waals surface area contributed by atoms with Gasteiger partial charge in [0.15, 0.2) is 34.6 Å². The van der Waals surface area contributed by atoms with Gasteiger partial charge in [-0.05, 0) is 151 Å². The molecule has 0 unspecified atom stereocenters. The fraction of sp³-hybridized carbons (Fsp3) is 0.423. The molecule has 0 N–H and O–H groups in total. The van der Waals surface area contributed by atoms with Gasteiger partial charge in [0.05, 0.1) is 16.4 Å². The van der Waals surface area contributed by atoms with Crippen molar-refractivity contribution < 1.29 is 4.79 Å². The maximum atomic E-state index is 13.0. The van der Waals surface area contributed by atoms with Crippen LogP contribution in [0.15, 0.2) is 84.9 Å². The fourth-order valence-electron chi connectivity index (χ4n) is 9.97. The zero-order valence-corrected chi connectivity index (χ0v) is 41.0. The van der Waals surface area contributed by atoms with E-state index in [2.05, 4.69) is 110 Å². The summed E-state index contributed by atoms with van der Waals surface area (Å²) in [7, 11) is 0. The highest BCUT2D eigenvalue weighted by Crippen LogP contribution is 2.26. The van der Waals surface area contributed by atoms with Crippen LogP contribution in [0.2, 0.25) is 0 Å². The number of hydrogen-bond acceptors (Lipinski definition) is 10. The Hall–Kier alpha value is -6.68. The zero-order chi connectivity index (χ0) is 47.3. The minimum atomic E-state index is 0.240. The summed E-state index contributed by atoms with van der Waals surface area (Å²) >= 11 is 5.85. The maximum Gasteiger partial charge on any atom is 0.222 e. The first kappa shape index (κ1) is 46.4. The largest absolute Gasteiger partial charge is 0.366 e. The molecule has 2 saturated heterocycles. The fourth-order valence-corrected chi connectivity index (χ4v) is 10.3. The number of nitrogens with zero attached hydrogens (tertiary/aromatic N) is 14. The van der Waals surface area contributed by atoms with Crippen LogP contribution in [0.3, 0.4) is 0 Å². The molecule has 0 aliphatic carbocycles. The minimum absolute atomic E-state index is 0.240. The predicted molar refractivity (Wildman–Crippen MR) is 267 cm³/mol. The van der Waals surface area contributed by atoms with Gasteiger partial charge < -0.3 is 9.80 Å². The lowest BCUT2D eigenvalue weighted by Crippen LogP contribution is -2.39. The smallest absolute Gasteiger partial charge is 0.222 e. The SMILES string of the molecule is Cc1nn(-c2ccc3nnc(C)n3n2)c(C)c1CCC(=O)N1CCC(Cc2ccccc2)CC1.Cc1nn(-c2ccc3nnc(C)n3n2)c(C)c1CCC(=S)N1CCC(Cc2ccccc2)CC1.